The van der Waals surface area contributed by atoms with Crippen molar-refractivity contribution in [1.82, 2.24) is 15.0 Å². The summed E-state index contributed by atoms with van der Waals surface area (Å²) in [6, 6.07) is 11.3. The molecule has 33 heavy (non-hydrogen) atoms. The topological polar surface area (TPSA) is 79.8 Å². The number of rotatable bonds is 5. The molecule has 0 fully saturated rings. The molecule has 2 heterocycles. The van der Waals surface area contributed by atoms with E-state index in [1.165, 1.54) is 11.4 Å². The summed E-state index contributed by atoms with van der Waals surface area (Å²) in [6.07, 6.45) is -3.19. The Morgan fingerprint density at radius 2 is 1.79 bits per heavy atom. The minimum atomic E-state index is -4.82. The molecule has 0 saturated carbocycles. The van der Waals surface area contributed by atoms with Gasteiger partial charge in [-0.1, -0.05) is 6.07 Å². The Morgan fingerprint density at radius 1 is 1.03 bits per heavy atom. The van der Waals surface area contributed by atoms with E-state index < -0.39 is 23.5 Å². The van der Waals surface area contributed by atoms with Gasteiger partial charge in [-0.05, 0) is 49.4 Å². The number of nitrogens with one attached hydrogen (secondary N) is 2. The van der Waals surface area contributed by atoms with Gasteiger partial charge in [0.15, 0.2) is 5.13 Å². The van der Waals surface area contributed by atoms with Gasteiger partial charge in [0.1, 0.15) is 17.5 Å². The van der Waals surface area contributed by atoms with Crippen LogP contribution in [0.4, 0.5) is 34.2 Å². The summed E-state index contributed by atoms with van der Waals surface area (Å²) in [5.74, 6) is -0.652. The molecule has 0 bridgehead atoms. The van der Waals surface area contributed by atoms with Crippen LogP contribution in [-0.2, 0) is 6.18 Å². The van der Waals surface area contributed by atoms with Crippen molar-refractivity contribution in [2.75, 3.05) is 10.6 Å². The van der Waals surface area contributed by atoms with Crippen molar-refractivity contribution < 1.29 is 22.4 Å². The highest BCUT2D eigenvalue weighted by molar-refractivity contribution is 7.14. The van der Waals surface area contributed by atoms with Crippen LogP contribution in [0.25, 0.3) is 11.3 Å². The Bertz CT molecular complexity index is 1300. The third-order valence-electron chi connectivity index (χ3n) is 4.50. The number of aromatic nitrogens is 3. The van der Waals surface area contributed by atoms with Crippen molar-refractivity contribution >= 4 is 33.9 Å². The molecule has 6 nitrogen and oxygen atoms in total. The number of hydrogen-bond acceptors (Lipinski definition) is 6. The highest BCUT2D eigenvalue weighted by Crippen LogP contribution is 2.36. The van der Waals surface area contributed by atoms with Gasteiger partial charge in [0.05, 0.1) is 11.3 Å². The second-order valence-corrected chi connectivity index (χ2v) is 7.71. The van der Waals surface area contributed by atoms with Crippen LogP contribution in [0.3, 0.4) is 0 Å². The first-order valence-corrected chi connectivity index (χ1v) is 10.4. The lowest BCUT2D eigenvalue weighted by molar-refractivity contribution is -0.139. The van der Waals surface area contributed by atoms with E-state index in [9.17, 15) is 22.4 Å². The quantitative estimate of drug-likeness (QED) is 0.344. The number of carbonyl (C=O) groups is 1. The Balaban J connectivity index is 1.46. The summed E-state index contributed by atoms with van der Waals surface area (Å²) >= 11 is 0.978. The molecular formula is C22H15F4N5OS. The molecular weight excluding hydrogens is 458 g/mol. The maximum absolute atomic E-state index is 14.4. The average Bonchev–Trinajstić information content (AvgIpc) is 3.21. The number of carbonyl (C=O) groups excluding carboxylic acids is 1. The number of thiazole rings is 1. The first-order chi connectivity index (χ1) is 15.7. The number of halogens is 4. The van der Waals surface area contributed by atoms with Crippen LogP contribution < -0.4 is 10.6 Å². The summed E-state index contributed by atoms with van der Waals surface area (Å²) in [4.78, 5) is 24.8. The molecule has 11 heteroatoms. The van der Waals surface area contributed by atoms with Crippen molar-refractivity contribution in [3.63, 3.8) is 0 Å². The fourth-order valence-corrected chi connectivity index (χ4v) is 3.66. The molecule has 4 rings (SSSR count). The molecule has 1 amide bonds. The van der Waals surface area contributed by atoms with E-state index in [-0.39, 0.29) is 16.4 Å². The van der Waals surface area contributed by atoms with Crippen molar-refractivity contribution in [3.8, 4) is 11.3 Å². The SMILES string of the molecule is Cc1nccc(Nc2ccc(C(=O)Nc3nc(-c4cccc(C(F)(F)F)c4F)cs3)cc2)n1. The van der Waals surface area contributed by atoms with Gasteiger partial charge < -0.3 is 5.32 Å². The highest BCUT2D eigenvalue weighted by atomic mass is 32.1. The molecule has 0 aliphatic rings. The van der Waals surface area contributed by atoms with Crippen LogP contribution in [0, 0.1) is 12.7 Å². The Labute approximate surface area is 189 Å². The number of alkyl halides is 3. The van der Waals surface area contributed by atoms with Crippen LogP contribution in [0.2, 0.25) is 0 Å². The smallest absolute Gasteiger partial charge is 0.340 e. The molecule has 0 unspecified atom stereocenters. The number of hydrogen-bond donors (Lipinski definition) is 2. The lowest BCUT2D eigenvalue weighted by atomic mass is 10.1. The van der Waals surface area contributed by atoms with E-state index in [1.54, 1.807) is 43.5 Å². The van der Waals surface area contributed by atoms with Crippen molar-refractivity contribution in [1.29, 1.82) is 0 Å². The normalized spacial score (nSPS) is 11.3. The maximum atomic E-state index is 14.4. The molecule has 0 spiro atoms. The summed E-state index contributed by atoms with van der Waals surface area (Å²) in [6.45, 7) is 1.77. The van der Waals surface area contributed by atoms with Gasteiger partial charge in [-0.25, -0.2) is 19.3 Å². The first-order valence-electron chi connectivity index (χ1n) is 9.50. The standard InChI is InChI=1S/C22H15F4N5OS/c1-12-27-10-9-18(28-12)29-14-7-5-13(6-8-14)20(32)31-21-30-17(11-33-21)15-3-2-4-16(19(15)23)22(24,25)26/h2-11H,1H3,(H,27,28,29)(H,30,31,32). The summed E-state index contributed by atoms with van der Waals surface area (Å²) < 4.78 is 53.2. The fourth-order valence-electron chi connectivity index (χ4n) is 2.95. The molecule has 2 aromatic heterocycles. The van der Waals surface area contributed by atoms with Crippen LogP contribution in [-0.4, -0.2) is 20.9 Å². The van der Waals surface area contributed by atoms with Crippen LogP contribution in [0.5, 0.6) is 0 Å². The number of anilines is 3. The van der Waals surface area contributed by atoms with Gasteiger partial charge in [0.25, 0.3) is 5.91 Å². The third-order valence-corrected chi connectivity index (χ3v) is 5.26. The van der Waals surface area contributed by atoms with Crippen LogP contribution in [0.15, 0.2) is 60.1 Å². The summed E-state index contributed by atoms with van der Waals surface area (Å²) in [5.41, 5.74) is -0.623. The first kappa shape index (κ1) is 22.3. The zero-order valence-electron chi connectivity index (χ0n) is 16.9. The number of benzene rings is 2. The number of amides is 1. The van der Waals surface area contributed by atoms with Crippen LogP contribution >= 0.6 is 11.3 Å². The van der Waals surface area contributed by atoms with E-state index in [0.717, 1.165) is 17.4 Å². The number of aryl methyl sites for hydroxylation is 1. The Kier molecular flexibility index (Phi) is 6.05. The van der Waals surface area contributed by atoms with Gasteiger partial charge in [-0.15, -0.1) is 11.3 Å². The molecule has 4 aromatic rings. The second kappa shape index (κ2) is 8.94. The Hall–Kier alpha value is -3.86. The van der Waals surface area contributed by atoms with E-state index in [4.69, 9.17) is 0 Å². The van der Waals surface area contributed by atoms with Crippen molar-refractivity contribution in [2.24, 2.45) is 0 Å². The Morgan fingerprint density at radius 3 is 2.48 bits per heavy atom. The molecule has 168 valence electrons. The molecule has 2 aromatic carbocycles. The zero-order valence-corrected chi connectivity index (χ0v) is 17.8. The molecule has 0 saturated heterocycles. The van der Waals surface area contributed by atoms with Gasteiger partial charge in [-0.3, -0.25) is 10.1 Å². The van der Waals surface area contributed by atoms with Crippen molar-refractivity contribution in [3.05, 3.63) is 82.9 Å². The monoisotopic (exact) mass is 473 g/mol. The van der Waals surface area contributed by atoms with Gasteiger partial charge in [0.2, 0.25) is 0 Å². The highest BCUT2D eigenvalue weighted by Gasteiger charge is 2.35. The number of nitrogens with zero attached hydrogens (tertiary/aromatic N) is 3. The maximum Gasteiger partial charge on any atom is 0.419 e. The summed E-state index contributed by atoms with van der Waals surface area (Å²) in [5, 5.41) is 7.18. The second-order valence-electron chi connectivity index (χ2n) is 6.85. The zero-order chi connectivity index (χ0) is 23.6. The lowest BCUT2D eigenvalue weighted by Gasteiger charge is -2.09. The van der Waals surface area contributed by atoms with E-state index >= 15 is 0 Å². The lowest BCUT2D eigenvalue weighted by Crippen LogP contribution is -2.11. The van der Waals surface area contributed by atoms with E-state index in [0.29, 0.717) is 29.0 Å². The largest absolute Gasteiger partial charge is 0.419 e. The van der Waals surface area contributed by atoms with Crippen LogP contribution in [0.1, 0.15) is 21.7 Å². The minimum absolute atomic E-state index is 0.00130. The minimum Gasteiger partial charge on any atom is -0.340 e. The fraction of sp³-hybridized carbons (Fsp3) is 0.0909. The molecule has 0 atom stereocenters. The molecule has 0 aliphatic carbocycles. The third kappa shape index (κ3) is 5.14. The molecule has 0 aliphatic heterocycles. The molecule has 0 radical (unpaired) electrons. The van der Waals surface area contributed by atoms with Gasteiger partial charge in [-0.2, -0.15) is 13.2 Å². The molecule has 2 N–H and O–H groups in total. The predicted octanol–water partition coefficient (Wildman–Crippen LogP) is 6.06. The van der Waals surface area contributed by atoms with Crippen molar-refractivity contribution in [2.45, 2.75) is 13.1 Å². The van der Waals surface area contributed by atoms with Gasteiger partial charge in [0, 0.05) is 28.4 Å². The summed E-state index contributed by atoms with van der Waals surface area (Å²) in [7, 11) is 0. The van der Waals surface area contributed by atoms with E-state index in [2.05, 4.69) is 25.6 Å². The van der Waals surface area contributed by atoms with E-state index in [1.807, 2.05) is 0 Å². The average molecular weight is 473 g/mol. The predicted molar refractivity (Wildman–Crippen MR) is 117 cm³/mol. The van der Waals surface area contributed by atoms with Gasteiger partial charge >= 0.3 is 6.18 Å².